The largest absolute Gasteiger partial charge is 0.488 e. The van der Waals surface area contributed by atoms with Gasteiger partial charge < -0.3 is 9.47 Å². The number of amides is 1. The Morgan fingerprint density at radius 3 is 2.67 bits per heavy atom. The van der Waals surface area contributed by atoms with Crippen LogP contribution in [0.3, 0.4) is 0 Å². The molecule has 2 rings (SSSR count). The highest BCUT2D eigenvalue weighted by molar-refractivity contribution is 7.10. The lowest BCUT2D eigenvalue weighted by atomic mass is 10.3. The summed E-state index contributed by atoms with van der Waals surface area (Å²) in [6.45, 7) is 2.44. The van der Waals surface area contributed by atoms with E-state index >= 15 is 0 Å². The quantitative estimate of drug-likeness (QED) is 0.515. The van der Waals surface area contributed by atoms with Crippen LogP contribution >= 0.6 is 22.9 Å². The van der Waals surface area contributed by atoms with Crippen LogP contribution in [0.25, 0.3) is 0 Å². The van der Waals surface area contributed by atoms with Gasteiger partial charge in [0.1, 0.15) is 12.4 Å². The van der Waals surface area contributed by atoms with Gasteiger partial charge in [0, 0.05) is 10.3 Å². The number of nitrogens with two attached hydrogens (primary N) is 1. The van der Waals surface area contributed by atoms with Crippen molar-refractivity contribution in [2.24, 2.45) is 5.84 Å². The lowest BCUT2D eigenvalue weighted by Gasteiger charge is -2.16. The topological polar surface area (TPSA) is 64.8 Å². The fourth-order valence-corrected chi connectivity index (χ4v) is 2.57. The third-order valence-corrected chi connectivity index (χ3v) is 3.84. The smallest absolute Gasteiger partial charge is 0.428 e. The molecular formula is C14H15ClN2O3S. The number of halogens is 1. The van der Waals surface area contributed by atoms with Crippen LogP contribution in [0.15, 0.2) is 35.7 Å². The molecule has 0 radical (unpaired) electrons. The van der Waals surface area contributed by atoms with Crippen LogP contribution in [-0.2, 0) is 11.3 Å². The number of ether oxygens (including phenoxy) is 2. The van der Waals surface area contributed by atoms with E-state index in [0.29, 0.717) is 23.1 Å². The van der Waals surface area contributed by atoms with Crippen molar-refractivity contribution >= 4 is 34.7 Å². The summed E-state index contributed by atoms with van der Waals surface area (Å²) < 4.78 is 10.4. The Morgan fingerprint density at radius 2 is 2.10 bits per heavy atom. The van der Waals surface area contributed by atoms with Crippen LogP contribution in [0.5, 0.6) is 5.75 Å². The minimum atomic E-state index is -0.598. The van der Waals surface area contributed by atoms with Gasteiger partial charge in [0.2, 0.25) is 0 Å². The highest BCUT2D eigenvalue weighted by Gasteiger charge is 2.12. The number of anilines is 1. The van der Waals surface area contributed by atoms with Crippen LogP contribution in [0.4, 0.5) is 10.5 Å². The molecule has 5 nitrogen and oxygen atoms in total. The zero-order chi connectivity index (χ0) is 15.2. The Labute approximate surface area is 131 Å². The lowest BCUT2D eigenvalue weighted by Crippen LogP contribution is -2.37. The van der Waals surface area contributed by atoms with E-state index in [1.54, 1.807) is 31.2 Å². The molecule has 0 spiro atoms. The summed E-state index contributed by atoms with van der Waals surface area (Å²) in [4.78, 5) is 12.5. The number of hydrogen-bond acceptors (Lipinski definition) is 5. The van der Waals surface area contributed by atoms with Gasteiger partial charge in [-0.3, -0.25) is 0 Å². The maximum Gasteiger partial charge on any atom is 0.428 e. The van der Waals surface area contributed by atoms with E-state index in [9.17, 15) is 4.79 Å². The molecule has 1 aromatic carbocycles. The Bertz CT molecular complexity index is 601. The first-order valence-electron chi connectivity index (χ1n) is 6.27. The summed E-state index contributed by atoms with van der Waals surface area (Å²) in [6.07, 6.45) is -0.598. The molecule has 0 atom stereocenters. The van der Waals surface area contributed by atoms with Crippen LogP contribution in [-0.4, -0.2) is 12.7 Å². The van der Waals surface area contributed by atoms with Crippen molar-refractivity contribution < 1.29 is 14.3 Å². The summed E-state index contributed by atoms with van der Waals surface area (Å²) in [5, 5.41) is 3.52. The Kier molecular flexibility index (Phi) is 5.44. The summed E-state index contributed by atoms with van der Waals surface area (Å²) in [5.74, 6) is 6.33. The van der Waals surface area contributed by atoms with Crippen LogP contribution in [0, 0.1) is 0 Å². The van der Waals surface area contributed by atoms with Crippen LogP contribution in [0.1, 0.15) is 11.8 Å². The fourth-order valence-electron chi connectivity index (χ4n) is 1.59. The van der Waals surface area contributed by atoms with Crippen molar-refractivity contribution in [3.63, 3.8) is 0 Å². The molecule has 0 aliphatic rings. The molecular weight excluding hydrogens is 312 g/mol. The van der Waals surface area contributed by atoms with Gasteiger partial charge in [0.05, 0.1) is 17.3 Å². The van der Waals surface area contributed by atoms with E-state index in [0.717, 1.165) is 9.89 Å². The molecule has 2 aromatic rings. The molecule has 1 amide bonds. The summed E-state index contributed by atoms with van der Waals surface area (Å²) in [7, 11) is 0. The minimum absolute atomic E-state index is 0.275. The average molecular weight is 327 g/mol. The number of thiophene rings is 1. The first-order valence-corrected chi connectivity index (χ1v) is 7.53. The SMILES string of the molecule is CCOC(=O)N(N)c1ccc(OCc2cc(Cl)cs2)cc1. The van der Waals surface area contributed by atoms with Gasteiger partial charge in [0.15, 0.2) is 0 Å². The average Bonchev–Trinajstić information content (AvgIpc) is 2.91. The van der Waals surface area contributed by atoms with E-state index in [2.05, 4.69) is 0 Å². The third-order valence-electron chi connectivity index (χ3n) is 2.58. The normalized spacial score (nSPS) is 10.2. The van der Waals surface area contributed by atoms with Crippen molar-refractivity contribution in [2.45, 2.75) is 13.5 Å². The van der Waals surface area contributed by atoms with Crippen LogP contribution < -0.4 is 15.6 Å². The van der Waals surface area contributed by atoms with E-state index in [1.165, 1.54) is 11.3 Å². The molecule has 21 heavy (non-hydrogen) atoms. The van der Waals surface area contributed by atoms with Gasteiger partial charge in [-0.05, 0) is 37.3 Å². The molecule has 0 unspecified atom stereocenters. The van der Waals surface area contributed by atoms with Crippen molar-refractivity contribution in [1.29, 1.82) is 0 Å². The monoisotopic (exact) mass is 326 g/mol. The molecule has 0 fully saturated rings. The number of rotatable bonds is 5. The second kappa shape index (κ2) is 7.31. The molecule has 0 aliphatic carbocycles. The van der Waals surface area contributed by atoms with Gasteiger partial charge in [-0.2, -0.15) is 0 Å². The summed E-state index contributed by atoms with van der Waals surface area (Å²) >= 11 is 7.38. The van der Waals surface area contributed by atoms with Gasteiger partial charge in [-0.1, -0.05) is 11.6 Å². The number of carbonyl (C=O) groups is 1. The summed E-state index contributed by atoms with van der Waals surface area (Å²) in [5.41, 5.74) is 0.528. The van der Waals surface area contributed by atoms with Gasteiger partial charge in [0.25, 0.3) is 0 Å². The van der Waals surface area contributed by atoms with E-state index in [-0.39, 0.29) is 6.61 Å². The van der Waals surface area contributed by atoms with Crippen molar-refractivity contribution in [3.8, 4) is 5.75 Å². The molecule has 0 bridgehead atoms. The zero-order valence-electron chi connectivity index (χ0n) is 11.4. The number of nitrogens with zero attached hydrogens (tertiary/aromatic N) is 1. The number of benzene rings is 1. The predicted molar refractivity (Wildman–Crippen MR) is 83.8 cm³/mol. The maximum atomic E-state index is 11.5. The highest BCUT2D eigenvalue weighted by atomic mass is 35.5. The number of hydrazine groups is 1. The molecule has 0 aliphatic heterocycles. The number of carbonyl (C=O) groups excluding carboxylic acids is 1. The Hall–Kier alpha value is -1.76. The molecule has 7 heteroatoms. The Balaban J connectivity index is 1.93. The fraction of sp³-hybridized carbons (Fsp3) is 0.214. The van der Waals surface area contributed by atoms with Gasteiger partial charge in [-0.25, -0.2) is 15.6 Å². The molecule has 0 saturated heterocycles. The van der Waals surface area contributed by atoms with Crippen molar-refractivity contribution in [1.82, 2.24) is 0 Å². The zero-order valence-corrected chi connectivity index (χ0v) is 13.0. The standard InChI is InChI=1S/C14H15ClN2O3S/c1-2-19-14(18)17(16)11-3-5-12(6-4-11)20-8-13-7-10(15)9-21-13/h3-7,9H,2,8,16H2,1H3. The molecule has 1 aromatic heterocycles. The van der Waals surface area contributed by atoms with Crippen molar-refractivity contribution in [3.05, 3.63) is 45.6 Å². The van der Waals surface area contributed by atoms with E-state index in [4.69, 9.17) is 26.9 Å². The molecule has 2 N–H and O–H groups in total. The summed E-state index contributed by atoms with van der Waals surface area (Å²) in [6, 6.07) is 8.72. The first kappa shape index (κ1) is 15.6. The number of hydrogen-bond donors (Lipinski definition) is 1. The molecule has 0 saturated carbocycles. The second-order valence-electron chi connectivity index (χ2n) is 4.08. The minimum Gasteiger partial charge on any atom is -0.488 e. The Morgan fingerprint density at radius 1 is 1.38 bits per heavy atom. The van der Waals surface area contributed by atoms with Crippen LogP contribution in [0.2, 0.25) is 5.02 Å². The highest BCUT2D eigenvalue weighted by Crippen LogP contribution is 2.22. The molecule has 1 heterocycles. The molecule has 112 valence electrons. The lowest BCUT2D eigenvalue weighted by molar-refractivity contribution is 0.160. The maximum absolute atomic E-state index is 11.5. The second-order valence-corrected chi connectivity index (χ2v) is 5.51. The van der Waals surface area contributed by atoms with Gasteiger partial charge in [-0.15, -0.1) is 11.3 Å². The van der Waals surface area contributed by atoms with E-state index in [1.807, 2.05) is 11.4 Å². The van der Waals surface area contributed by atoms with Gasteiger partial charge >= 0.3 is 6.09 Å². The van der Waals surface area contributed by atoms with E-state index < -0.39 is 6.09 Å². The predicted octanol–water partition coefficient (Wildman–Crippen LogP) is 3.82. The van der Waals surface area contributed by atoms with Crippen molar-refractivity contribution in [2.75, 3.05) is 11.6 Å². The third kappa shape index (κ3) is 4.35. The first-order chi connectivity index (χ1) is 10.1.